The molecule has 0 aromatic carbocycles. The van der Waals surface area contributed by atoms with Crippen LogP contribution in [0.25, 0.3) is 0 Å². The van der Waals surface area contributed by atoms with Crippen LogP contribution < -0.4 is 10.6 Å². The molecule has 0 aromatic heterocycles. The lowest BCUT2D eigenvalue weighted by atomic mass is 9.82. The minimum absolute atomic E-state index is 0.0169. The van der Waals surface area contributed by atoms with Crippen LogP contribution in [0.4, 0.5) is 4.79 Å². The monoisotopic (exact) mass is 271 g/mol. The molecule has 110 valence electrons. The zero-order valence-corrected chi connectivity index (χ0v) is 11.8. The van der Waals surface area contributed by atoms with Gasteiger partial charge >= 0.3 is 6.03 Å². The SMILES string of the molecule is CN(C)C(=O)NCC(=O)NCC1CCC(CO)CC1. The summed E-state index contributed by atoms with van der Waals surface area (Å²) in [4.78, 5) is 24.2. The number of rotatable bonds is 5. The molecule has 0 radical (unpaired) electrons. The number of hydrogen-bond acceptors (Lipinski definition) is 3. The smallest absolute Gasteiger partial charge is 0.317 e. The number of nitrogens with one attached hydrogen (secondary N) is 2. The van der Waals surface area contributed by atoms with Gasteiger partial charge in [-0.2, -0.15) is 0 Å². The highest BCUT2D eigenvalue weighted by molar-refractivity contribution is 5.83. The van der Waals surface area contributed by atoms with Gasteiger partial charge in [0.1, 0.15) is 0 Å². The lowest BCUT2D eigenvalue weighted by Gasteiger charge is -2.27. The second-order valence-electron chi connectivity index (χ2n) is 5.43. The molecule has 19 heavy (non-hydrogen) atoms. The molecule has 0 atom stereocenters. The van der Waals surface area contributed by atoms with Crippen LogP contribution in [0, 0.1) is 11.8 Å². The Bertz CT molecular complexity index is 300. The summed E-state index contributed by atoms with van der Waals surface area (Å²) in [6, 6.07) is -0.265. The van der Waals surface area contributed by atoms with Crippen molar-refractivity contribution in [2.24, 2.45) is 11.8 Å². The third-order valence-electron chi connectivity index (χ3n) is 3.62. The van der Waals surface area contributed by atoms with Gasteiger partial charge in [-0.1, -0.05) is 0 Å². The zero-order chi connectivity index (χ0) is 14.3. The summed E-state index contributed by atoms with van der Waals surface area (Å²) in [7, 11) is 3.26. The Morgan fingerprint density at radius 2 is 1.68 bits per heavy atom. The lowest BCUT2D eigenvalue weighted by molar-refractivity contribution is -0.120. The fourth-order valence-electron chi connectivity index (χ4n) is 2.25. The molecule has 0 heterocycles. The quantitative estimate of drug-likeness (QED) is 0.667. The Morgan fingerprint density at radius 3 is 2.21 bits per heavy atom. The largest absolute Gasteiger partial charge is 0.396 e. The standard InChI is InChI=1S/C13H25N3O3/c1-16(2)13(19)15-8-12(18)14-7-10-3-5-11(9-17)6-4-10/h10-11,17H,3-9H2,1-2H3,(H,14,18)(H,15,19). The van der Waals surface area contributed by atoms with Gasteiger partial charge in [-0.15, -0.1) is 0 Å². The van der Waals surface area contributed by atoms with E-state index in [-0.39, 0.29) is 25.1 Å². The van der Waals surface area contributed by atoms with Crippen LogP contribution in [0.15, 0.2) is 0 Å². The van der Waals surface area contributed by atoms with Crippen molar-refractivity contribution < 1.29 is 14.7 Å². The molecule has 0 aromatic rings. The lowest BCUT2D eigenvalue weighted by Crippen LogP contribution is -2.42. The molecule has 0 saturated heterocycles. The van der Waals surface area contributed by atoms with Crippen molar-refractivity contribution in [2.75, 3.05) is 33.8 Å². The van der Waals surface area contributed by atoms with E-state index in [0.717, 1.165) is 25.7 Å². The average Bonchev–Trinajstić information content (AvgIpc) is 2.42. The van der Waals surface area contributed by atoms with E-state index >= 15 is 0 Å². The Kier molecular flexibility index (Phi) is 6.62. The molecule has 1 aliphatic rings. The summed E-state index contributed by atoms with van der Waals surface area (Å²) in [5, 5.41) is 14.4. The summed E-state index contributed by atoms with van der Waals surface area (Å²) >= 11 is 0. The first-order valence-corrected chi connectivity index (χ1v) is 6.85. The number of aliphatic hydroxyl groups excluding tert-OH is 1. The van der Waals surface area contributed by atoms with E-state index in [4.69, 9.17) is 5.11 Å². The van der Waals surface area contributed by atoms with Crippen molar-refractivity contribution in [1.82, 2.24) is 15.5 Å². The first kappa shape index (κ1) is 15.8. The predicted octanol–water partition coefficient (Wildman–Crippen LogP) is 0.173. The van der Waals surface area contributed by atoms with Crippen molar-refractivity contribution in [3.8, 4) is 0 Å². The van der Waals surface area contributed by atoms with Gasteiger partial charge in [-0.25, -0.2) is 4.79 Å². The maximum absolute atomic E-state index is 11.5. The highest BCUT2D eigenvalue weighted by atomic mass is 16.3. The van der Waals surface area contributed by atoms with Crippen molar-refractivity contribution >= 4 is 11.9 Å². The summed E-state index contributed by atoms with van der Waals surface area (Å²) in [6.45, 7) is 0.952. The summed E-state index contributed by atoms with van der Waals surface area (Å²) in [5.41, 5.74) is 0. The highest BCUT2D eigenvalue weighted by Gasteiger charge is 2.20. The van der Waals surface area contributed by atoms with E-state index in [9.17, 15) is 9.59 Å². The molecule has 0 unspecified atom stereocenters. The van der Waals surface area contributed by atoms with Gasteiger partial charge in [-0.3, -0.25) is 4.79 Å². The number of aliphatic hydroxyl groups is 1. The van der Waals surface area contributed by atoms with Gasteiger partial charge in [0.05, 0.1) is 6.54 Å². The molecule has 1 fully saturated rings. The van der Waals surface area contributed by atoms with Crippen LogP contribution in [0.2, 0.25) is 0 Å². The number of nitrogens with zero attached hydrogens (tertiary/aromatic N) is 1. The molecule has 3 amide bonds. The first-order valence-electron chi connectivity index (χ1n) is 6.85. The van der Waals surface area contributed by atoms with E-state index in [1.807, 2.05) is 0 Å². The Morgan fingerprint density at radius 1 is 1.11 bits per heavy atom. The topological polar surface area (TPSA) is 81.7 Å². The molecule has 6 heteroatoms. The molecular weight excluding hydrogens is 246 g/mol. The molecular formula is C13H25N3O3. The summed E-state index contributed by atoms with van der Waals surface area (Å²) < 4.78 is 0. The molecule has 0 aliphatic heterocycles. The highest BCUT2D eigenvalue weighted by Crippen LogP contribution is 2.27. The minimum atomic E-state index is -0.265. The Balaban J connectivity index is 2.12. The summed E-state index contributed by atoms with van der Waals surface area (Å²) in [5.74, 6) is 0.780. The van der Waals surface area contributed by atoms with Crippen LogP contribution in [0.1, 0.15) is 25.7 Å². The van der Waals surface area contributed by atoms with Crippen molar-refractivity contribution in [1.29, 1.82) is 0 Å². The number of carbonyl (C=O) groups excluding carboxylic acids is 2. The average molecular weight is 271 g/mol. The van der Waals surface area contributed by atoms with Gasteiger partial charge in [-0.05, 0) is 37.5 Å². The first-order chi connectivity index (χ1) is 9.02. The fraction of sp³-hybridized carbons (Fsp3) is 0.846. The zero-order valence-electron chi connectivity index (χ0n) is 11.8. The molecule has 3 N–H and O–H groups in total. The summed E-state index contributed by atoms with van der Waals surface area (Å²) in [6.07, 6.45) is 4.17. The second-order valence-corrected chi connectivity index (χ2v) is 5.43. The maximum Gasteiger partial charge on any atom is 0.317 e. The Labute approximate surface area is 114 Å². The predicted molar refractivity (Wildman–Crippen MR) is 72.6 cm³/mol. The van der Waals surface area contributed by atoms with E-state index in [2.05, 4.69) is 10.6 Å². The van der Waals surface area contributed by atoms with E-state index < -0.39 is 0 Å². The van der Waals surface area contributed by atoms with Crippen LogP contribution >= 0.6 is 0 Å². The number of amides is 3. The van der Waals surface area contributed by atoms with Crippen LogP contribution in [-0.2, 0) is 4.79 Å². The number of carbonyl (C=O) groups is 2. The van der Waals surface area contributed by atoms with Crippen LogP contribution in [-0.4, -0.2) is 55.7 Å². The van der Waals surface area contributed by atoms with Crippen molar-refractivity contribution in [3.05, 3.63) is 0 Å². The van der Waals surface area contributed by atoms with Gasteiger partial charge in [0.2, 0.25) is 5.91 Å². The molecule has 1 aliphatic carbocycles. The van der Waals surface area contributed by atoms with E-state index in [1.165, 1.54) is 4.90 Å². The number of urea groups is 1. The molecule has 0 spiro atoms. The molecule has 1 saturated carbocycles. The van der Waals surface area contributed by atoms with E-state index in [1.54, 1.807) is 14.1 Å². The fourth-order valence-corrected chi connectivity index (χ4v) is 2.25. The van der Waals surface area contributed by atoms with Crippen LogP contribution in [0.5, 0.6) is 0 Å². The molecule has 6 nitrogen and oxygen atoms in total. The molecule has 1 rings (SSSR count). The third kappa shape index (κ3) is 5.92. The van der Waals surface area contributed by atoms with Crippen molar-refractivity contribution in [2.45, 2.75) is 25.7 Å². The third-order valence-corrected chi connectivity index (χ3v) is 3.62. The number of hydrogen-bond donors (Lipinski definition) is 3. The van der Waals surface area contributed by atoms with Crippen LogP contribution in [0.3, 0.4) is 0 Å². The van der Waals surface area contributed by atoms with Crippen molar-refractivity contribution in [3.63, 3.8) is 0 Å². The maximum atomic E-state index is 11.5. The molecule has 0 bridgehead atoms. The minimum Gasteiger partial charge on any atom is -0.396 e. The van der Waals surface area contributed by atoms with Gasteiger partial charge in [0.25, 0.3) is 0 Å². The van der Waals surface area contributed by atoms with Gasteiger partial charge in [0, 0.05) is 27.2 Å². The second kappa shape index (κ2) is 7.99. The van der Waals surface area contributed by atoms with Gasteiger partial charge < -0.3 is 20.6 Å². The van der Waals surface area contributed by atoms with Gasteiger partial charge in [0.15, 0.2) is 0 Å². The Hall–Kier alpha value is -1.30. The van der Waals surface area contributed by atoms with E-state index in [0.29, 0.717) is 18.4 Å². The normalized spacial score (nSPS) is 22.7.